The number of rotatable bonds is 6. The number of morpholine rings is 1. The highest BCUT2D eigenvalue weighted by Crippen LogP contribution is 2.28. The first-order chi connectivity index (χ1) is 14.1. The molecule has 1 saturated carbocycles. The number of ether oxygens (including phenoxy) is 1. The molecule has 0 radical (unpaired) electrons. The summed E-state index contributed by atoms with van der Waals surface area (Å²) in [6.45, 7) is 6.85. The first-order valence-electron chi connectivity index (χ1n) is 9.95. The minimum absolute atomic E-state index is 0.0290. The molecule has 2 heterocycles. The maximum Gasteiger partial charge on any atom is 0.240 e. The number of nitrogens with zero attached hydrogens (tertiary/aromatic N) is 3. The number of aromatic nitrogens is 2. The predicted molar refractivity (Wildman–Crippen MR) is 112 cm³/mol. The minimum Gasteiger partial charge on any atom is -0.372 e. The average Bonchev–Trinajstić information content (AvgIpc) is 3.49. The van der Waals surface area contributed by atoms with E-state index in [1.54, 1.807) is 12.1 Å². The molecule has 10 heteroatoms. The zero-order chi connectivity index (χ0) is 21.5. The molecule has 162 valence electrons. The second-order valence-electron chi connectivity index (χ2n) is 8.46. The molecule has 1 atom stereocenters. The van der Waals surface area contributed by atoms with Crippen molar-refractivity contribution in [1.29, 1.82) is 0 Å². The number of hydrogen-bond acceptors (Lipinski definition) is 7. The van der Waals surface area contributed by atoms with Gasteiger partial charge in [0.25, 0.3) is 0 Å². The molecule has 1 aromatic heterocycles. The average molecular weight is 436 g/mol. The third kappa shape index (κ3) is 4.71. The molecule has 0 unspecified atom stereocenters. The summed E-state index contributed by atoms with van der Waals surface area (Å²) in [6.07, 6.45) is 2.89. The molecule has 2 aromatic rings. The van der Waals surface area contributed by atoms with Crippen LogP contribution < -0.4 is 14.9 Å². The van der Waals surface area contributed by atoms with E-state index >= 15 is 0 Å². The Morgan fingerprint density at radius 2 is 1.93 bits per heavy atom. The SMILES string of the molecule is C[C@H]1COC(C)(C)CN1c1nc(Nc2ccc(S(=O)(=O)NC3CC3)cc2)ncc1F. The van der Waals surface area contributed by atoms with Crippen LogP contribution in [0.4, 0.5) is 21.8 Å². The third-order valence-corrected chi connectivity index (χ3v) is 6.65. The fourth-order valence-corrected chi connectivity index (χ4v) is 4.59. The lowest BCUT2D eigenvalue weighted by molar-refractivity contribution is -0.0425. The molecule has 8 nitrogen and oxygen atoms in total. The largest absolute Gasteiger partial charge is 0.372 e. The van der Waals surface area contributed by atoms with Crippen LogP contribution in [0.2, 0.25) is 0 Å². The number of anilines is 3. The number of sulfonamides is 1. The molecule has 2 fully saturated rings. The Balaban J connectivity index is 1.52. The molecule has 1 saturated heterocycles. The van der Waals surface area contributed by atoms with Gasteiger partial charge < -0.3 is 15.0 Å². The van der Waals surface area contributed by atoms with E-state index in [1.807, 2.05) is 25.7 Å². The summed E-state index contributed by atoms with van der Waals surface area (Å²) >= 11 is 0. The molecule has 0 spiro atoms. The van der Waals surface area contributed by atoms with Crippen LogP contribution in [0, 0.1) is 5.82 Å². The number of halogens is 1. The lowest BCUT2D eigenvalue weighted by atomic mass is 10.0. The molecular formula is C20H26FN5O3S. The maximum absolute atomic E-state index is 14.5. The van der Waals surface area contributed by atoms with Gasteiger partial charge in [-0.2, -0.15) is 4.98 Å². The van der Waals surface area contributed by atoms with Crippen molar-refractivity contribution in [2.24, 2.45) is 0 Å². The van der Waals surface area contributed by atoms with Crippen LogP contribution in [0.5, 0.6) is 0 Å². The van der Waals surface area contributed by atoms with Crippen LogP contribution in [0.1, 0.15) is 33.6 Å². The highest BCUT2D eigenvalue weighted by atomic mass is 32.2. The Labute approximate surface area is 175 Å². The summed E-state index contributed by atoms with van der Waals surface area (Å²) in [6, 6.07) is 6.32. The van der Waals surface area contributed by atoms with Gasteiger partial charge in [-0.3, -0.25) is 0 Å². The molecule has 2 aliphatic rings. The van der Waals surface area contributed by atoms with E-state index in [1.165, 1.54) is 12.1 Å². The first-order valence-corrected chi connectivity index (χ1v) is 11.4. The summed E-state index contributed by atoms with van der Waals surface area (Å²) < 4.78 is 47.5. The van der Waals surface area contributed by atoms with Crippen LogP contribution in [-0.2, 0) is 14.8 Å². The summed E-state index contributed by atoms with van der Waals surface area (Å²) in [5, 5.41) is 3.02. The summed E-state index contributed by atoms with van der Waals surface area (Å²) in [4.78, 5) is 10.5. The van der Waals surface area contributed by atoms with Gasteiger partial charge in [0.2, 0.25) is 16.0 Å². The molecule has 4 rings (SSSR count). The van der Waals surface area contributed by atoms with Crippen LogP contribution in [-0.4, -0.2) is 49.2 Å². The fourth-order valence-electron chi connectivity index (χ4n) is 3.29. The molecule has 1 aromatic carbocycles. The van der Waals surface area contributed by atoms with Crippen LogP contribution >= 0.6 is 0 Å². The highest BCUT2D eigenvalue weighted by molar-refractivity contribution is 7.89. The molecule has 2 N–H and O–H groups in total. The minimum atomic E-state index is -3.51. The fraction of sp³-hybridized carbons (Fsp3) is 0.500. The van der Waals surface area contributed by atoms with E-state index in [9.17, 15) is 12.8 Å². The normalized spacial score (nSPS) is 21.5. The molecule has 30 heavy (non-hydrogen) atoms. The van der Waals surface area contributed by atoms with Gasteiger partial charge in [-0.1, -0.05) is 0 Å². The van der Waals surface area contributed by atoms with Gasteiger partial charge in [0.05, 0.1) is 29.3 Å². The summed E-state index contributed by atoms with van der Waals surface area (Å²) in [5.41, 5.74) is 0.195. The topological polar surface area (TPSA) is 96.5 Å². The van der Waals surface area contributed by atoms with Gasteiger partial charge in [-0.25, -0.2) is 22.5 Å². The Bertz CT molecular complexity index is 1030. The molecule has 0 amide bonds. The molecule has 0 bridgehead atoms. The van der Waals surface area contributed by atoms with Crippen LogP contribution in [0.3, 0.4) is 0 Å². The van der Waals surface area contributed by atoms with Gasteiger partial charge in [0, 0.05) is 18.3 Å². The third-order valence-electron chi connectivity index (χ3n) is 5.12. The van der Waals surface area contributed by atoms with E-state index in [2.05, 4.69) is 20.0 Å². The summed E-state index contributed by atoms with van der Waals surface area (Å²) in [7, 11) is -3.51. The van der Waals surface area contributed by atoms with Gasteiger partial charge in [0.15, 0.2) is 11.6 Å². The Kier molecular flexibility index (Phi) is 5.41. The van der Waals surface area contributed by atoms with Gasteiger partial charge >= 0.3 is 0 Å². The van der Waals surface area contributed by atoms with Crippen LogP contribution in [0.25, 0.3) is 0 Å². The van der Waals surface area contributed by atoms with Crippen molar-refractivity contribution >= 4 is 27.5 Å². The van der Waals surface area contributed by atoms with Crippen molar-refractivity contribution in [3.8, 4) is 0 Å². The molecule has 1 aliphatic carbocycles. The zero-order valence-corrected chi connectivity index (χ0v) is 18.0. The molecular weight excluding hydrogens is 409 g/mol. The number of nitrogens with one attached hydrogen (secondary N) is 2. The molecule has 1 aliphatic heterocycles. The van der Waals surface area contributed by atoms with Crippen molar-refractivity contribution < 1.29 is 17.5 Å². The monoisotopic (exact) mass is 435 g/mol. The van der Waals surface area contributed by atoms with E-state index in [4.69, 9.17) is 4.74 Å². The van der Waals surface area contributed by atoms with E-state index in [-0.39, 0.29) is 28.7 Å². The van der Waals surface area contributed by atoms with E-state index in [0.717, 1.165) is 19.0 Å². The first kappa shape index (κ1) is 21.0. The Morgan fingerprint density at radius 3 is 2.60 bits per heavy atom. The lowest BCUT2D eigenvalue weighted by Gasteiger charge is -2.43. The second-order valence-corrected chi connectivity index (χ2v) is 10.2. The van der Waals surface area contributed by atoms with Crippen molar-refractivity contribution in [2.45, 2.75) is 56.2 Å². The zero-order valence-electron chi connectivity index (χ0n) is 17.2. The van der Waals surface area contributed by atoms with Crippen LogP contribution in [0.15, 0.2) is 35.4 Å². The maximum atomic E-state index is 14.5. The highest BCUT2D eigenvalue weighted by Gasteiger charge is 2.34. The predicted octanol–water partition coefficient (Wildman–Crippen LogP) is 2.80. The quantitative estimate of drug-likeness (QED) is 0.720. The lowest BCUT2D eigenvalue weighted by Crippen LogP contribution is -2.53. The van der Waals surface area contributed by atoms with Crippen molar-refractivity contribution in [3.05, 3.63) is 36.3 Å². The second kappa shape index (κ2) is 7.75. The Hall–Kier alpha value is -2.30. The summed E-state index contributed by atoms with van der Waals surface area (Å²) in [5.74, 6) is -0.0588. The van der Waals surface area contributed by atoms with Gasteiger partial charge in [-0.05, 0) is 57.9 Å². The smallest absolute Gasteiger partial charge is 0.240 e. The number of benzene rings is 1. The Morgan fingerprint density at radius 1 is 1.23 bits per heavy atom. The van der Waals surface area contributed by atoms with E-state index in [0.29, 0.717) is 18.8 Å². The van der Waals surface area contributed by atoms with E-state index < -0.39 is 21.4 Å². The standard InChI is InChI=1S/C20H26FN5O3S/c1-13-11-29-20(2,3)12-26(13)18-17(21)10-22-19(24-18)23-14-6-8-16(9-7-14)30(27,28)25-15-4-5-15/h6-10,13,15,25H,4-5,11-12H2,1-3H3,(H,22,23,24)/t13-/m0/s1. The van der Waals surface area contributed by atoms with Gasteiger partial charge in [-0.15, -0.1) is 0 Å². The number of hydrogen-bond donors (Lipinski definition) is 2. The van der Waals surface area contributed by atoms with Crippen molar-refractivity contribution in [3.63, 3.8) is 0 Å². The van der Waals surface area contributed by atoms with Crippen molar-refractivity contribution in [1.82, 2.24) is 14.7 Å². The van der Waals surface area contributed by atoms with Gasteiger partial charge in [0.1, 0.15) is 0 Å². The van der Waals surface area contributed by atoms with Crippen molar-refractivity contribution in [2.75, 3.05) is 23.4 Å².